The number of carbonyl (C=O) groups is 1. The van der Waals surface area contributed by atoms with Crippen molar-refractivity contribution in [2.45, 2.75) is 24.9 Å². The fourth-order valence-corrected chi connectivity index (χ4v) is 4.24. The second kappa shape index (κ2) is 11.6. The van der Waals surface area contributed by atoms with Crippen molar-refractivity contribution in [2.75, 3.05) is 19.8 Å². The van der Waals surface area contributed by atoms with E-state index in [4.69, 9.17) is 42.8 Å². The lowest BCUT2D eigenvalue weighted by Gasteiger charge is -2.23. The quantitative estimate of drug-likeness (QED) is 0.381. The number of aliphatic hydroxyl groups excluding tert-OH is 1. The van der Waals surface area contributed by atoms with Crippen molar-refractivity contribution in [3.8, 4) is 5.75 Å². The number of nitrogens with zero attached hydrogens (tertiary/aromatic N) is 1. The van der Waals surface area contributed by atoms with Crippen molar-refractivity contribution in [3.05, 3.63) is 99.5 Å². The first-order valence-electron chi connectivity index (χ1n) is 11.3. The van der Waals surface area contributed by atoms with Gasteiger partial charge in [0, 0.05) is 41.6 Å². The number of carbonyl (C=O) groups excluding carboxylic acids is 1. The van der Waals surface area contributed by atoms with Crippen LogP contribution in [0.5, 0.6) is 5.75 Å². The lowest BCUT2D eigenvalue weighted by atomic mass is 9.91. The fraction of sp³-hybridized carbons (Fsp3) is 0.259. The summed E-state index contributed by atoms with van der Waals surface area (Å²) in [6.45, 7) is 0.881. The zero-order valence-corrected chi connectivity index (χ0v) is 20.6. The van der Waals surface area contributed by atoms with Gasteiger partial charge in [-0.25, -0.2) is 4.99 Å². The van der Waals surface area contributed by atoms with E-state index in [-0.39, 0.29) is 25.7 Å². The molecule has 0 spiro atoms. The van der Waals surface area contributed by atoms with Crippen LogP contribution in [0.2, 0.25) is 10.0 Å². The molecule has 2 N–H and O–H groups in total. The summed E-state index contributed by atoms with van der Waals surface area (Å²) in [5, 5.41) is 12.9. The molecule has 0 aliphatic carbocycles. The molecule has 1 atom stereocenters. The van der Waals surface area contributed by atoms with E-state index in [1.54, 1.807) is 18.2 Å². The van der Waals surface area contributed by atoms with E-state index < -0.39 is 5.54 Å². The highest BCUT2D eigenvalue weighted by Crippen LogP contribution is 2.28. The third kappa shape index (κ3) is 6.34. The maximum atomic E-state index is 13.5. The van der Waals surface area contributed by atoms with Gasteiger partial charge in [-0.2, -0.15) is 0 Å². The summed E-state index contributed by atoms with van der Waals surface area (Å²) in [6.07, 6.45) is 0.954. The molecule has 0 saturated carbocycles. The summed E-state index contributed by atoms with van der Waals surface area (Å²) < 4.78 is 11.5. The number of hydrogen-bond acceptors (Lipinski definition) is 5. The minimum atomic E-state index is -1.12. The second-order valence-corrected chi connectivity index (χ2v) is 9.11. The number of halogens is 2. The predicted octanol–water partition coefficient (Wildman–Crippen LogP) is 4.83. The first-order valence-corrected chi connectivity index (χ1v) is 12.1. The number of aliphatic imine (C=N–C) groups is 1. The van der Waals surface area contributed by atoms with E-state index in [9.17, 15) is 4.79 Å². The average molecular weight is 513 g/mol. The molecule has 0 unspecified atom stereocenters. The second-order valence-electron chi connectivity index (χ2n) is 8.27. The van der Waals surface area contributed by atoms with Gasteiger partial charge >= 0.3 is 0 Å². The molecular formula is C27H26Cl2N2O4. The third-order valence-corrected chi connectivity index (χ3v) is 6.24. The van der Waals surface area contributed by atoms with Gasteiger partial charge in [0.25, 0.3) is 5.91 Å². The van der Waals surface area contributed by atoms with Gasteiger partial charge in [0.2, 0.25) is 5.90 Å². The fourth-order valence-electron chi connectivity index (χ4n) is 3.77. The van der Waals surface area contributed by atoms with Crippen molar-refractivity contribution in [1.82, 2.24) is 5.32 Å². The van der Waals surface area contributed by atoms with Crippen LogP contribution < -0.4 is 10.1 Å². The normalized spacial score (nSPS) is 16.9. The molecule has 0 radical (unpaired) electrons. The van der Waals surface area contributed by atoms with E-state index in [0.717, 1.165) is 16.7 Å². The van der Waals surface area contributed by atoms with E-state index in [1.165, 1.54) is 0 Å². The van der Waals surface area contributed by atoms with Crippen LogP contribution in [0.1, 0.15) is 23.1 Å². The zero-order chi connectivity index (χ0) is 24.7. The summed E-state index contributed by atoms with van der Waals surface area (Å²) >= 11 is 12.3. The van der Waals surface area contributed by atoms with Gasteiger partial charge in [0.05, 0.1) is 6.61 Å². The van der Waals surface area contributed by atoms with Crippen LogP contribution in [-0.4, -0.2) is 42.3 Å². The van der Waals surface area contributed by atoms with Gasteiger partial charge in [0.15, 0.2) is 5.54 Å². The highest BCUT2D eigenvalue weighted by atomic mass is 35.5. The number of nitrogens with one attached hydrogen (secondary N) is 1. The predicted molar refractivity (Wildman–Crippen MR) is 137 cm³/mol. The monoisotopic (exact) mass is 512 g/mol. The van der Waals surface area contributed by atoms with Crippen LogP contribution in [0.15, 0.2) is 77.8 Å². The molecule has 0 aromatic heterocycles. The van der Waals surface area contributed by atoms with Gasteiger partial charge < -0.3 is 19.9 Å². The SMILES string of the molecule is O=C(NCc1ccc(Cl)cc1Cl)[C@@]1(Cc2ccccc2)COC(c2ccc(OCCCO)cc2)=N1. The Hall–Kier alpha value is -3.06. The van der Waals surface area contributed by atoms with Crippen LogP contribution in [0.4, 0.5) is 0 Å². The van der Waals surface area contributed by atoms with Crippen molar-refractivity contribution in [1.29, 1.82) is 0 Å². The Labute approximate surface area is 214 Å². The average Bonchev–Trinajstić information content (AvgIpc) is 3.30. The Morgan fingerprint density at radius 3 is 2.57 bits per heavy atom. The highest BCUT2D eigenvalue weighted by Gasteiger charge is 2.44. The lowest BCUT2D eigenvalue weighted by molar-refractivity contribution is -0.126. The molecular weight excluding hydrogens is 487 g/mol. The van der Waals surface area contributed by atoms with E-state index >= 15 is 0 Å². The van der Waals surface area contributed by atoms with E-state index in [1.807, 2.05) is 54.6 Å². The molecule has 6 nitrogen and oxygen atoms in total. The van der Waals surface area contributed by atoms with Crippen molar-refractivity contribution in [2.24, 2.45) is 4.99 Å². The number of benzene rings is 3. The van der Waals surface area contributed by atoms with Gasteiger partial charge in [-0.3, -0.25) is 4.79 Å². The molecule has 3 aromatic carbocycles. The number of ether oxygens (including phenoxy) is 2. The first kappa shape index (κ1) is 25.0. The Kier molecular flexibility index (Phi) is 8.29. The van der Waals surface area contributed by atoms with Crippen LogP contribution in [0.3, 0.4) is 0 Å². The molecule has 4 rings (SSSR count). The zero-order valence-electron chi connectivity index (χ0n) is 19.0. The van der Waals surface area contributed by atoms with Gasteiger partial charge in [-0.1, -0.05) is 59.6 Å². The maximum Gasteiger partial charge on any atom is 0.252 e. The molecule has 0 fully saturated rings. The molecule has 35 heavy (non-hydrogen) atoms. The standard InChI is InChI=1S/C27H26Cl2N2O4/c28-22-10-7-21(24(29)15-22)17-30-26(33)27(16-19-5-2-1-3-6-19)18-35-25(31-27)20-8-11-23(12-9-20)34-14-4-13-32/h1-3,5-12,15,32H,4,13-14,16-18H2,(H,30,33)/t27-/m1/s1. The smallest absolute Gasteiger partial charge is 0.252 e. The molecule has 1 heterocycles. The van der Waals surface area contributed by atoms with Crippen LogP contribution in [0.25, 0.3) is 0 Å². The van der Waals surface area contributed by atoms with Gasteiger partial charge in [0.1, 0.15) is 12.4 Å². The largest absolute Gasteiger partial charge is 0.494 e. The van der Waals surface area contributed by atoms with Crippen molar-refractivity contribution >= 4 is 35.0 Å². The summed E-state index contributed by atoms with van der Waals surface area (Å²) in [4.78, 5) is 18.3. The Bertz CT molecular complexity index is 1190. The van der Waals surface area contributed by atoms with E-state index in [0.29, 0.717) is 41.1 Å². The minimum absolute atomic E-state index is 0.0819. The van der Waals surface area contributed by atoms with Gasteiger partial charge in [-0.15, -0.1) is 0 Å². The molecule has 3 aromatic rings. The van der Waals surface area contributed by atoms with Crippen LogP contribution in [-0.2, 0) is 22.5 Å². The maximum absolute atomic E-state index is 13.5. The summed E-state index contributed by atoms with van der Waals surface area (Å²) in [7, 11) is 0. The van der Waals surface area contributed by atoms with Gasteiger partial charge in [-0.05, 0) is 47.5 Å². The summed E-state index contributed by atoms with van der Waals surface area (Å²) in [6, 6.07) is 22.2. The molecule has 1 amide bonds. The van der Waals surface area contributed by atoms with Crippen molar-refractivity contribution in [3.63, 3.8) is 0 Å². The topological polar surface area (TPSA) is 80.2 Å². The molecule has 8 heteroatoms. The van der Waals surface area contributed by atoms with Crippen LogP contribution in [0, 0.1) is 0 Å². The molecule has 1 aliphatic heterocycles. The molecule has 1 aliphatic rings. The minimum Gasteiger partial charge on any atom is -0.494 e. The third-order valence-electron chi connectivity index (χ3n) is 5.65. The number of amides is 1. The van der Waals surface area contributed by atoms with E-state index in [2.05, 4.69) is 5.32 Å². The Morgan fingerprint density at radius 1 is 1.09 bits per heavy atom. The summed E-state index contributed by atoms with van der Waals surface area (Å²) in [5.74, 6) is 0.850. The highest BCUT2D eigenvalue weighted by molar-refractivity contribution is 6.35. The lowest BCUT2D eigenvalue weighted by Crippen LogP contribution is -2.48. The summed E-state index contributed by atoms with van der Waals surface area (Å²) in [5.41, 5.74) is 1.38. The number of hydrogen-bond donors (Lipinski definition) is 2. The van der Waals surface area contributed by atoms with Crippen LogP contribution >= 0.6 is 23.2 Å². The molecule has 0 bridgehead atoms. The number of aliphatic hydroxyl groups is 1. The Balaban J connectivity index is 1.55. The Morgan fingerprint density at radius 2 is 1.86 bits per heavy atom. The molecule has 0 saturated heterocycles. The van der Waals surface area contributed by atoms with Crippen molar-refractivity contribution < 1.29 is 19.4 Å². The number of rotatable bonds is 10. The molecule has 182 valence electrons. The first-order chi connectivity index (χ1) is 17.0.